The molecule has 1 aliphatic carbocycles. The lowest BCUT2D eigenvalue weighted by molar-refractivity contribution is -0.136. The highest BCUT2D eigenvalue weighted by atomic mass is 16.2. The van der Waals surface area contributed by atoms with E-state index in [9.17, 15) is 4.79 Å². The average Bonchev–Trinajstić information content (AvgIpc) is 3.22. The largest absolute Gasteiger partial charge is 0.334 e. The summed E-state index contributed by atoms with van der Waals surface area (Å²) in [5.41, 5.74) is 2.33. The Morgan fingerprint density at radius 3 is 2.35 bits per heavy atom. The summed E-state index contributed by atoms with van der Waals surface area (Å²) >= 11 is 0. The number of carbonyl (C=O) groups excluding carboxylic acids is 1. The highest BCUT2D eigenvalue weighted by Gasteiger charge is 2.37. The molecule has 0 heterocycles. The molecular weight excluding hydrogens is 246 g/mol. The zero-order chi connectivity index (χ0) is 14.8. The minimum Gasteiger partial charge on any atom is -0.334 e. The molecule has 0 saturated heterocycles. The summed E-state index contributed by atoms with van der Waals surface area (Å²) in [4.78, 5) is 14.4. The molecule has 0 unspecified atom stereocenters. The fourth-order valence-electron chi connectivity index (χ4n) is 2.29. The molecule has 0 atom stereocenters. The van der Waals surface area contributed by atoms with Crippen LogP contribution in [0.1, 0.15) is 46.1 Å². The molecule has 2 rings (SSSR count). The molecule has 1 aromatic rings. The lowest BCUT2D eigenvalue weighted by Gasteiger charge is -2.35. The minimum absolute atomic E-state index is 0.118. The fraction of sp³-hybridized carbons (Fsp3) is 0.500. The van der Waals surface area contributed by atoms with E-state index in [0.29, 0.717) is 12.5 Å². The molecular formula is C18H25NO. The van der Waals surface area contributed by atoms with Crippen LogP contribution in [0.3, 0.4) is 0 Å². The van der Waals surface area contributed by atoms with Gasteiger partial charge in [-0.15, -0.1) is 0 Å². The van der Waals surface area contributed by atoms with Crippen LogP contribution in [0.5, 0.6) is 0 Å². The van der Waals surface area contributed by atoms with E-state index in [2.05, 4.69) is 45.9 Å². The van der Waals surface area contributed by atoms with Crippen LogP contribution in [0.25, 0.3) is 5.57 Å². The van der Waals surface area contributed by atoms with Crippen LogP contribution in [0.2, 0.25) is 0 Å². The Balaban J connectivity index is 2.10. The molecule has 1 aliphatic rings. The second kappa shape index (κ2) is 5.82. The van der Waals surface area contributed by atoms with E-state index in [1.807, 2.05) is 23.1 Å². The number of nitrogens with zero attached hydrogens (tertiary/aromatic N) is 1. The van der Waals surface area contributed by atoms with Crippen molar-refractivity contribution in [1.82, 2.24) is 4.90 Å². The van der Waals surface area contributed by atoms with Crippen molar-refractivity contribution in [3.8, 4) is 0 Å². The molecule has 2 nitrogen and oxygen atoms in total. The molecule has 0 bridgehead atoms. The Morgan fingerprint density at radius 2 is 1.85 bits per heavy atom. The number of rotatable bonds is 4. The molecule has 0 N–H and O–H groups in total. The topological polar surface area (TPSA) is 20.3 Å². The Hall–Kier alpha value is -1.57. The van der Waals surface area contributed by atoms with Gasteiger partial charge in [-0.05, 0) is 51.7 Å². The second-order valence-electron chi connectivity index (χ2n) is 6.65. The molecule has 2 heteroatoms. The highest BCUT2D eigenvalue weighted by molar-refractivity contribution is 5.82. The summed E-state index contributed by atoms with van der Waals surface area (Å²) in [6.45, 7) is 9.13. The molecule has 0 aliphatic heterocycles. The zero-order valence-electron chi connectivity index (χ0n) is 13.0. The third kappa shape index (κ3) is 3.72. The van der Waals surface area contributed by atoms with E-state index in [4.69, 9.17) is 0 Å². The number of allylic oxidation sites excluding steroid dienone is 1. The van der Waals surface area contributed by atoms with Crippen LogP contribution in [0.4, 0.5) is 0 Å². The smallest absolute Gasteiger partial charge is 0.226 e. The standard InChI is InChI=1S/C18H25NO/c1-14(15-8-6-5-7-9-15)12-13-19(18(2,3)4)17(20)16-10-11-16/h5-9,12,16H,10-11,13H2,1-4H3. The van der Waals surface area contributed by atoms with Crippen molar-refractivity contribution in [2.24, 2.45) is 5.92 Å². The van der Waals surface area contributed by atoms with E-state index >= 15 is 0 Å². The van der Waals surface area contributed by atoms with E-state index in [0.717, 1.165) is 12.8 Å². The quantitative estimate of drug-likeness (QED) is 0.806. The average molecular weight is 271 g/mol. The second-order valence-corrected chi connectivity index (χ2v) is 6.65. The van der Waals surface area contributed by atoms with E-state index in [1.165, 1.54) is 11.1 Å². The van der Waals surface area contributed by atoms with Gasteiger partial charge in [-0.2, -0.15) is 0 Å². The number of carbonyl (C=O) groups is 1. The van der Waals surface area contributed by atoms with Gasteiger partial charge >= 0.3 is 0 Å². The SMILES string of the molecule is CC(=CCN(C(=O)C1CC1)C(C)(C)C)c1ccccc1. The predicted molar refractivity (Wildman–Crippen MR) is 84.3 cm³/mol. The molecule has 20 heavy (non-hydrogen) atoms. The number of hydrogen-bond donors (Lipinski definition) is 0. The Kier molecular flexibility index (Phi) is 4.32. The van der Waals surface area contributed by atoms with Gasteiger partial charge in [0.15, 0.2) is 0 Å². The number of benzene rings is 1. The van der Waals surface area contributed by atoms with Crippen LogP contribution >= 0.6 is 0 Å². The lowest BCUT2D eigenvalue weighted by Crippen LogP contribution is -2.46. The third-order valence-corrected chi connectivity index (χ3v) is 3.81. The van der Waals surface area contributed by atoms with Gasteiger partial charge in [-0.25, -0.2) is 0 Å². The maximum absolute atomic E-state index is 12.4. The van der Waals surface area contributed by atoms with Crippen molar-refractivity contribution in [3.63, 3.8) is 0 Å². The Labute approximate surface area is 122 Å². The summed E-state index contributed by atoms with van der Waals surface area (Å²) in [7, 11) is 0. The maximum atomic E-state index is 12.4. The summed E-state index contributed by atoms with van der Waals surface area (Å²) in [5.74, 6) is 0.592. The fourth-order valence-corrected chi connectivity index (χ4v) is 2.29. The summed E-state index contributed by atoms with van der Waals surface area (Å²) in [6.07, 6.45) is 4.29. The van der Waals surface area contributed by atoms with E-state index < -0.39 is 0 Å². The van der Waals surface area contributed by atoms with Gasteiger partial charge in [0, 0.05) is 18.0 Å². The van der Waals surface area contributed by atoms with Gasteiger partial charge < -0.3 is 4.90 Å². The Bertz CT molecular complexity index is 492. The lowest BCUT2D eigenvalue weighted by atomic mass is 10.0. The van der Waals surface area contributed by atoms with Crippen LogP contribution in [0.15, 0.2) is 36.4 Å². The molecule has 0 radical (unpaired) electrons. The van der Waals surface area contributed by atoms with Crippen LogP contribution in [-0.4, -0.2) is 22.9 Å². The monoisotopic (exact) mass is 271 g/mol. The van der Waals surface area contributed by atoms with Crippen molar-refractivity contribution < 1.29 is 4.79 Å². The van der Waals surface area contributed by atoms with Crippen LogP contribution in [0, 0.1) is 5.92 Å². The first-order valence-corrected chi connectivity index (χ1v) is 7.43. The normalized spacial score (nSPS) is 16.1. The molecule has 1 fully saturated rings. The predicted octanol–water partition coefficient (Wildman–Crippen LogP) is 4.13. The molecule has 1 amide bonds. The molecule has 108 valence electrons. The maximum Gasteiger partial charge on any atom is 0.226 e. The third-order valence-electron chi connectivity index (χ3n) is 3.81. The first-order chi connectivity index (χ1) is 9.39. The zero-order valence-corrected chi connectivity index (χ0v) is 13.0. The van der Waals surface area contributed by atoms with Gasteiger partial charge in [0.25, 0.3) is 0 Å². The van der Waals surface area contributed by atoms with Crippen molar-refractivity contribution in [1.29, 1.82) is 0 Å². The van der Waals surface area contributed by atoms with Gasteiger partial charge in [-0.1, -0.05) is 36.4 Å². The first kappa shape index (κ1) is 14.8. The molecule has 0 aromatic heterocycles. The molecule has 0 spiro atoms. The minimum atomic E-state index is -0.118. The Morgan fingerprint density at radius 1 is 1.25 bits per heavy atom. The van der Waals surface area contributed by atoms with Crippen LogP contribution < -0.4 is 0 Å². The summed E-state index contributed by atoms with van der Waals surface area (Å²) < 4.78 is 0. The van der Waals surface area contributed by atoms with Crippen molar-refractivity contribution in [2.75, 3.05) is 6.54 Å². The molecule has 1 aromatic carbocycles. The van der Waals surface area contributed by atoms with Gasteiger partial charge in [0.2, 0.25) is 5.91 Å². The van der Waals surface area contributed by atoms with Crippen molar-refractivity contribution >= 4 is 11.5 Å². The van der Waals surface area contributed by atoms with Crippen LogP contribution in [-0.2, 0) is 4.79 Å². The van der Waals surface area contributed by atoms with E-state index in [1.54, 1.807) is 0 Å². The van der Waals surface area contributed by atoms with Gasteiger partial charge in [-0.3, -0.25) is 4.79 Å². The highest BCUT2D eigenvalue weighted by Crippen LogP contribution is 2.33. The number of hydrogen-bond acceptors (Lipinski definition) is 1. The van der Waals surface area contributed by atoms with Gasteiger partial charge in [0.1, 0.15) is 0 Å². The van der Waals surface area contributed by atoms with E-state index in [-0.39, 0.29) is 11.5 Å². The molecule has 1 saturated carbocycles. The summed E-state index contributed by atoms with van der Waals surface area (Å²) in [5, 5.41) is 0. The van der Waals surface area contributed by atoms with Crippen molar-refractivity contribution in [2.45, 2.75) is 46.1 Å². The summed E-state index contributed by atoms with van der Waals surface area (Å²) in [6, 6.07) is 10.3. The number of amides is 1. The first-order valence-electron chi connectivity index (χ1n) is 7.43. The van der Waals surface area contributed by atoms with Crippen molar-refractivity contribution in [3.05, 3.63) is 42.0 Å². The van der Waals surface area contributed by atoms with Gasteiger partial charge in [0.05, 0.1) is 0 Å².